The summed E-state index contributed by atoms with van der Waals surface area (Å²) < 4.78 is 36.7. The van der Waals surface area contributed by atoms with E-state index in [4.69, 9.17) is 15.2 Å². The average Bonchev–Trinajstić information content (AvgIpc) is 2.84. The van der Waals surface area contributed by atoms with Crippen LogP contribution in [0.1, 0.15) is 5.56 Å². The highest BCUT2D eigenvalue weighted by atomic mass is 32.2. The second-order valence-electron chi connectivity index (χ2n) is 7.63. The first-order valence-corrected chi connectivity index (χ1v) is 11.7. The Balaban J connectivity index is 1.93. The van der Waals surface area contributed by atoms with E-state index in [0.29, 0.717) is 39.2 Å². The van der Waals surface area contributed by atoms with Crippen molar-refractivity contribution in [2.45, 2.75) is 11.2 Å². The van der Waals surface area contributed by atoms with Gasteiger partial charge in [0.25, 0.3) is 12.0 Å². The number of hydrogen-bond donors (Lipinski definition) is 3. The minimum absolute atomic E-state index is 0.0226. The molecule has 2 heterocycles. The summed E-state index contributed by atoms with van der Waals surface area (Å²) in [6.45, 7) is -0.811. The third kappa shape index (κ3) is 5.63. The van der Waals surface area contributed by atoms with E-state index >= 15 is 0 Å². The third-order valence-corrected chi connectivity index (χ3v) is 5.40. The molecule has 4 rings (SSSR count). The van der Waals surface area contributed by atoms with Crippen molar-refractivity contribution in [2.24, 2.45) is 4.99 Å². The number of ether oxygens (including phenoxy) is 2. The first-order valence-electron chi connectivity index (χ1n) is 10.7. The fourth-order valence-electron chi connectivity index (χ4n) is 3.63. The monoisotopic (exact) mass is 528 g/mol. The van der Waals surface area contributed by atoms with Crippen molar-refractivity contribution < 1.29 is 18.3 Å². The van der Waals surface area contributed by atoms with Gasteiger partial charge in [0.05, 0.1) is 5.69 Å². The van der Waals surface area contributed by atoms with E-state index in [-0.39, 0.29) is 17.1 Å². The number of hydrogen-bond acceptors (Lipinski definition) is 8. The van der Waals surface area contributed by atoms with Crippen LogP contribution in [0, 0.1) is 0 Å². The number of pyridine rings is 2. The van der Waals surface area contributed by atoms with Gasteiger partial charge in [0.2, 0.25) is 5.88 Å². The maximum Gasteiger partial charge on any atom is 0.272 e. The van der Waals surface area contributed by atoms with Gasteiger partial charge in [0.1, 0.15) is 5.75 Å². The molecule has 36 heavy (non-hydrogen) atoms. The number of fused-ring (bicyclic) bond motifs is 1. The predicted octanol–water partition coefficient (Wildman–Crippen LogP) is 4.85. The van der Waals surface area contributed by atoms with Gasteiger partial charge in [-0.3, -0.25) is 14.4 Å². The highest BCUT2D eigenvalue weighted by Gasteiger charge is 2.16. The van der Waals surface area contributed by atoms with E-state index in [0.717, 1.165) is 0 Å². The zero-order valence-electron chi connectivity index (χ0n) is 19.0. The highest BCUT2D eigenvalue weighted by Crippen LogP contribution is 2.27. The Hall–Kier alpha value is -3.57. The summed E-state index contributed by atoms with van der Waals surface area (Å²) in [7, 11) is 1.63. The third-order valence-electron chi connectivity index (χ3n) is 5.18. The van der Waals surface area contributed by atoms with Gasteiger partial charge in [0, 0.05) is 41.5 Å². The number of halogens is 2. The van der Waals surface area contributed by atoms with E-state index in [2.05, 4.69) is 35.2 Å². The van der Waals surface area contributed by atoms with Gasteiger partial charge in [-0.2, -0.15) is 4.98 Å². The molecule has 0 fully saturated rings. The summed E-state index contributed by atoms with van der Waals surface area (Å²) in [6.07, 6.45) is -1.05. The van der Waals surface area contributed by atoms with Gasteiger partial charge in [-0.05, 0) is 54.1 Å². The molecule has 186 valence electrons. The lowest BCUT2D eigenvalue weighted by Gasteiger charge is -2.15. The number of nitrogens with zero attached hydrogens (tertiary/aromatic N) is 3. The molecule has 11 heteroatoms. The van der Waals surface area contributed by atoms with E-state index in [1.54, 1.807) is 67.9 Å². The molecule has 4 aromatic rings. The van der Waals surface area contributed by atoms with Gasteiger partial charge in [-0.1, -0.05) is 6.07 Å². The van der Waals surface area contributed by atoms with Crippen LogP contribution in [0.2, 0.25) is 0 Å². The fraction of sp³-hybridized carbons (Fsp3) is 0.160. The van der Waals surface area contributed by atoms with Gasteiger partial charge >= 0.3 is 0 Å². The number of rotatable bonds is 8. The Labute approximate surface area is 216 Å². The molecular weight excluding hydrogens is 506 g/mol. The van der Waals surface area contributed by atoms with Crippen molar-refractivity contribution in [2.75, 3.05) is 19.4 Å². The number of benzene rings is 2. The van der Waals surface area contributed by atoms with Gasteiger partial charge in [-0.15, -0.1) is 25.3 Å². The summed E-state index contributed by atoms with van der Waals surface area (Å²) >= 11 is 8.18. The molecule has 0 spiro atoms. The van der Waals surface area contributed by atoms with Crippen LogP contribution in [-0.2, 0) is 0 Å². The van der Waals surface area contributed by atoms with Crippen molar-refractivity contribution in [3.05, 3.63) is 76.6 Å². The molecule has 2 N–H and O–H groups in total. The Morgan fingerprint density at radius 2 is 1.86 bits per heavy atom. The number of aliphatic imine (C=N–C) groups is 1. The Morgan fingerprint density at radius 1 is 1.11 bits per heavy atom. The van der Waals surface area contributed by atoms with Crippen LogP contribution in [0.4, 0.5) is 14.5 Å². The second-order valence-corrected chi connectivity index (χ2v) is 8.98. The summed E-state index contributed by atoms with van der Waals surface area (Å²) in [5.74, 6) is 0.476. The average molecular weight is 529 g/mol. The summed E-state index contributed by atoms with van der Waals surface area (Å²) in [5, 5.41) is 0.600. The Kier molecular flexibility index (Phi) is 7.80. The summed E-state index contributed by atoms with van der Waals surface area (Å²) in [6, 6.07) is 16.8. The van der Waals surface area contributed by atoms with Crippen molar-refractivity contribution in [3.63, 3.8) is 0 Å². The number of aromatic nitrogens is 2. The van der Waals surface area contributed by atoms with Gasteiger partial charge in [0.15, 0.2) is 17.0 Å². The van der Waals surface area contributed by atoms with Crippen molar-refractivity contribution >= 4 is 48.2 Å². The lowest BCUT2D eigenvalue weighted by Crippen LogP contribution is -2.21. The van der Waals surface area contributed by atoms with E-state index in [9.17, 15) is 13.6 Å². The normalized spacial score (nSPS) is 11.6. The van der Waals surface area contributed by atoms with Gasteiger partial charge in [-0.25, -0.2) is 8.78 Å². The molecular formula is C25H22F2N4O3S2. The first-order chi connectivity index (χ1) is 17.3. The number of nitrogens with two attached hydrogens (primary N) is 1. The van der Waals surface area contributed by atoms with Crippen molar-refractivity contribution in [3.8, 4) is 28.4 Å². The molecule has 7 nitrogen and oxygen atoms in total. The van der Waals surface area contributed by atoms with E-state index < -0.39 is 17.8 Å². The van der Waals surface area contributed by atoms with Crippen molar-refractivity contribution in [1.29, 1.82) is 0 Å². The van der Waals surface area contributed by atoms with Crippen LogP contribution in [0.5, 0.6) is 11.6 Å². The molecule has 2 aromatic carbocycles. The number of anilines is 1. The molecule has 0 amide bonds. The quantitative estimate of drug-likeness (QED) is 0.132. The first kappa shape index (κ1) is 25.5. The molecule has 2 aromatic heterocycles. The molecule has 0 atom stereocenters. The topological polar surface area (TPSA) is 91.7 Å². The lowest BCUT2D eigenvalue weighted by molar-refractivity contribution is 0.0797. The SMILES string of the molecule is CN=Cc1cc(-c2cc3ccc(OCC(F)F)nc3n(-c3ccc(OC(S)S)cc3)c2=O)ccc1N. The molecule has 0 aliphatic heterocycles. The molecule has 0 aliphatic rings. The van der Waals surface area contributed by atoms with Crippen LogP contribution < -0.4 is 20.8 Å². The zero-order chi connectivity index (χ0) is 25.8. The van der Waals surface area contributed by atoms with Crippen LogP contribution in [-0.4, -0.2) is 40.6 Å². The number of nitrogen functional groups attached to an aromatic ring is 1. The maximum absolute atomic E-state index is 13.8. The standard InChI is InChI=1S/C25H22F2N4O3S2/c1-29-12-16-10-14(2-8-20(16)28)19-11-15-3-9-22(33-13-21(26)27)30-23(15)31(24(19)32)17-4-6-18(7-5-17)34-25(35)36/h2-12,21,25,35-36H,13,28H2,1H3. The minimum atomic E-state index is -2.66. The molecule has 0 unspecified atom stereocenters. The Bertz CT molecular complexity index is 1480. The number of thiol groups is 2. The largest absolute Gasteiger partial charge is 0.472 e. The van der Waals surface area contributed by atoms with Gasteiger partial charge < -0.3 is 15.2 Å². The molecule has 0 bridgehead atoms. The summed E-state index contributed by atoms with van der Waals surface area (Å²) in [5.41, 5.74) is 8.62. The fourth-order valence-corrected chi connectivity index (χ4v) is 3.87. The van der Waals surface area contributed by atoms with E-state index in [1.807, 2.05) is 0 Å². The minimum Gasteiger partial charge on any atom is -0.472 e. The summed E-state index contributed by atoms with van der Waals surface area (Å²) in [4.78, 5) is 22.2. The maximum atomic E-state index is 13.8. The van der Waals surface area contributed by atoms with Crippen LogP contribution in [0.3, 0.4) is 0 Å². The molecule has 0 aliphatic carbocycles. The van der Waals surface area contributed by atoms with Crippen LogP contribution in [0.15, 0.2) is 70.5 Å². The van der Waals surface area contributed by atoms with Crippen LogP contribution in [0.25, 0.3) is 27.8 Å². The smallest absolute Gasteiger partial charge is 0.272 e. The predicted molar refractivity (Wildman–Crippen MR) is 145 cm³/mol. The zero-order valence-corrected chi connectivity index (χ0v) is 20.8. The van der Waals surface area contributed by atoms with Crippen molar-refractivity contribution in [1.82, 2.24) is 9.55 Å². The van der Waals surface area contributed by atoms with Crippen LogP contribution >= 0.6 is 25.3 Å². The number of alkyl halides is 2. The molecule has 0 saturated carbocycles. The second kappa shape index (κ2) is 11.0. The highest BCUT2D eigenvalue weighted by molar-refractivity contribution is 7.98. The Morgan fingerprint density at radius 3 is 2.53 bits per heavy atom. The van der Waals surface area contributed by atoms with E-state index in [1.165, 1.54) is 10.6 Å². The lowest BCUT2D eigenvalue weighted by atomic mass is 10.0. The molecule has 0 radical (unpaired) electrons. The molecule has 0 saturated heterocycles.